The molecule has 2 saturated heterocycles. The van der Waals surface area contributed by atoms with Crippen LogP contribution in [-0.4, -0.2) is 62.5 Å². The summed E-state index contributed by atoms with van der Waals surface area (Å²) in [5, 5.41) is 10.4. The molecular weight excluding hydrogens is 507 g/mol. The highest BCUT2D eigenvalue weighted by Gasteiger charge is 2.54. The van der Waals surface area contributed by atoms with Gasteiger partial charge in [0.2, 0.25) is 0 Å². The van der Waals surface area contributed by atoms with Crippen LogP contribution < -0.4 is 20.7 Å². The molecule has 5 atom stereocenters. The van der Waals surface area contributed by atoms with Crippen molar-refractivity contribution in [2.75, 3.05) is 44.0 Å². The zero-order valence-corrected chi connectivity index (χ0v) is 24.7. The number of likely N-dealkylation sites (tertiary alicyclic amines) is 1. The van der Waals surface area contributed by atoms with Gasteiger partial charge in [0, 0.05) is 37.3 Å². The van der Waals surface area contributed by atoms with Gasteiger partial charge in [0.1, 0.15) is 11.6 Å². The zero-order chi connectivity index (χ0) is 28.7. The Labute approximate surface area is 238 Å². The van der Waals surface area contributed by atoms with E-state index in [0.717, 1.165) is 30.8 Å². The second-order valence-corrected chi connectivity index (χ2v) is 13.0. The number of para-hydroxylation sites is 1. The molecular formula is C32H45FN4O3. The number of fused-ring (bicyclic) bond motifs is 4. The van der Waals surface area contributed by atoms with Crippen LogP contribution in [0.25, 0.3) is 0 Å². The monoisotopic (exact) mass is 552 g/mol. The maximum Gasteiger partial charge on any atom is 0.321 e. The lowest BCUT2D eigenvalue weighted by molar-refractivity contribution is -0.0310. The highest BCUT2D eigenvalue weighted by atomic mass is 19.1. The molecule has 40 heavy (non-hydrogen) atoms. The van der Waals surface area contributed by atoms with Gasteiger partial charge in [-0.15, -0.1) is 0 Å². The van der Waals surface area contributed by atoms with Gasteiger partial charge in [-0.05, 0) is 60.3 Å². The van der Waals surface area contributed by atoms with Crippen molar-refractivity contribution in [2.45, 2.75) is 71.6 Å². The number of methoxy groups -OCH3 is 1. The Morgan fingerprint density at radius 3 is 2.58 bits per heavy atom. The quantitative estimate of drug-likeness (QED) is 0.405. The number of halogens is 1. The number of urea groups is 1. The Hall–Kier alpha value is -2.84. The molecule has 3 aliphatic rings. The van der Waals surface area contributed by atoms with Crippen molar-refractivity contribution >= 4 is 17.4 Å². The van der Waals surface area contributed by atoms with Crippen molar-refractivity contribution in [3.63, 3.8) is 0 Å². The van der Waals surface area contributed by atoms with E-state index in [9.17, 15) is 9.18 Å². The molecule has 5 rings (SSSR count). The molecule has 5 unspecified atom stereocenters. The number of nitrogens with one attached hydrogen (secondary N) is 3. The van der Waals surface area contributed by atoms with Crippen molar-refractivity contribution in [3.8, 4) is 5.75 Å². The summed E-state index contributed by atoms with van der Waals surface area (Å²) in [6.45, 7) is 14.0. The average molecular weight is 553 g/mol. The minimum Gasteiger partial charge on any atom is -0.497 e. The first-order chi connectivity index (χ1) is 19.0. The van der Waals surface area contributed by atoms with Crippen molar-refractivity contribution in [1.29, 1.82) is 0 Å². The van der Waals surface area contributed by atoms with Crippen LogP contribution in [-0.2, 0) is 4.74 Å². The smallest absolute Gasteiger partial charge is 0.321 e. The number of amides is 2. The molecule has 8 heteroatoms. The number of carbonyl (C=O) groups excluding carboxylic acids is 1. The van der Waals surface area contributed by atoms with E-state index < -0.39 is 5.82 Å². The van der Waals surface area contributed by atoms with Crippen LogP contribution in [0.3, 0.4) is 0 Å². The predicted octanol–water partition coefficient (Wildman–Crippen LogP) is 6.09. The van der Waals surface area contributed by atoms with Gasteiger partial charge in [-0.25, -0.2) is 9.18 Å². The number of rotatable bonds is 6. The summed E-state index contributed by atoms with van der Waals surface area (Å²) < 4.78 is 26.2. The van der Waals surface area contributed by atoms with E-state index in [2.05, 4.69) is 62.7 Å². The van der Waals surface area contributed by atoms with Crippen molar-refractivity contribution in [3.05, 3.63) is 53.8 Å². The SMILES string of the molecule is COc1ccc2c(c1)NC1C(COC(C)C(C)C(C)(C)C)NCC3(CCN(C(=O)Nc4ccccc4F)CC3)C21. The molecule has 0 radical (unpaired) electrons. The van der Waals surface area contributed by atoms with E-state index in [4.69, 9.17) is 9.47 Å². The number of ether oxygens (including phenoxy) is 2. The van der Waals surface area contributed by atoms with Crippen molar-refractivity contribution in [1.82, 2.24) is 10.2 Å². The first-order valence-corrected chi connectivity index (χ1v) is 14.6. The van der Waals surface area contributed by atoms with Gasteiger partial charge in [-0.2, -0.15) is 0 Å². The van der Waals surface area contributed by atoms with Crippen LogP contribution in [0.15, 0.2) is 42.5 Å². The Kier molecular flexibility index (Phi) is 8.03. The van der Waals surface area contributed by atoms with E-state index >= 15 is 0 Å². The lowest BCUT2D eigenvalue weighted by Crippen LogP contribution is -2.63. The van der Waals surface area contributed by atoms with Crippen LogP contribution in [0.1, 0.15) is 58.9 Å². The highest BCUT2D eigenvalue weighted by molar-refractivity contribution is 5.89. The maximum absolute atomic E-state index is 14.1. The van der Waals surface area contributed by atoms with E-state index in [1.165, 1.54) is 11.6 Å². The van der Waals surface area contributed by atoms with Crippen LogP contribution in [0.5, 0.6) is 5.75 Å². The van der Waals surface area contributed by atoms with Crippen LogP contribution in [0, 0.1) is 22.6 Å². The first kappa shape index (κ1) is 28.7. The summed E-state index contributed by atoms with van der Waals surface area (Å²) in [6, 6.07) is 12.7. The Balaban J connectivity index is 1.32. The Morgan fingerprint density at radius 1 is 1.18 bits per heavy atom. The van der Waals surface area contributed by atoms with Gasteiger partial charge in [-0.3, -0.25) is 0 Å². The third-order valence-electron chi connectivity index (χ3n) is 9.86. The standard InChI is InChI=1S/C32H45FN4O3/c1-20(31(3,4)5)21(2)40-18-27-29-28(23-12-11-22(39-6)17-26(23)35-29)32(19-34-27)13-15-37(16-14-32)30(38)36-25-10-8-7-9-24(25)33/h7-12,17,20-21,27-29,34-35H,13-16,18-19H2,1-6H3,(H,36,38). The van der Waals surface area contributed by atoms with Gasteiger partial charge in [0.15, 0.2) is 0 Å². The summed E-state index contributed by atoms with van der Waals surface area (Å²) in [4.78, 5) is 14.8. The number of piperidine rings is 2. The molecule has 3 heterocycles. The number of nitrogens with zero attached hydrogens (tertiary/aromatic N) is 1. The fraction of sp³-hybridized carbons (Fsp3) is 0.594. The third kappa shape index (κ3) is 5.53. The Bertz CT molecular complexity index is 1210. The van der Waals surface area contributed by atoms with Gasteiger partial charge < -0.3 is 30.3 Å². The molecule has 2 fully saturated rings. The molecule has 7 nitrogen and oxygen atoms in total. The lowest BCUT2D eigenvalue weighted by atomic mass is 9.61. The molecule has 218 valence electrons. The van der Waals surface area contributed by atoms with Gasteiger partial charge in [-0.1, -0.05) is 45.9 Å². The normalized spacial score (nSPS) is 25.0. The summed E-state index contributed by atoms with van der Waals surface area (Å²) in [5.41, 5.74) is 2.83. The third-order valence-corrected chi connectivity index (χ3v) is 9.86. The van der Waals surface area contributed by atoms with Crippen LogP contribution in [0.2, 0.25) is 0 Å². The minimum absolute atomic E-state index is 0.00685. The van der Waals surface area contributed by atoms with Gasteiger partial charge in [0.25, 0.3) is 0 Å². The average Bonchev–Trinajstić information content (AvgIpc) is 3.33. The van der Waals surface area contributed by atoms with E-state index in [1.807, 2.05) is 11.0 Å². The summed E-state index contributed by atoms with van der Waals surface area (Å²) in [5.74, 6) is 1.13. The summed E-state index contributed by atoms with van der Waals surface area (Å²) in [6.07, 6.45) is 1.88. The van der Waals surface area contributed by atoms with Crippen molar-refractivity contribution in [2.24, 2.45) is 16.7 Å². The second-order valence-electron chi connectivity index (χ2n) is 13.0. The van der Waals surface area contributed by atoms with Crippen molar-refractivity contribution < 1.29 is 18.7 Å². The lowest BCUT2D eigenvalue weighted by Gasteiger charge is -2.52. The largest absolute Gasteiger partial charge is 0.497 e. The molecule has 2 aromatic rings. The molecule has 3 N–H and O–H groups in total. The van der Waals surface area contributed by atoms with E-state index in [0.29, 0.717) is 25.6 Å². The maximum atomic E-state index is 14.1. The molecule has 0 aliphatic carbocycles. The van der Waals surface area contributed by atoms with Crippen LogP contribution in [0.4, 0.5) is 20.6 Å². The highest BCUT2D eigenvalue weighted by Crippen LogP contribution is 2.55. The molecule has 0 bridgehead atoms. The molecule has 2 aromatic carbocycles. The number of carbonyl (C=O) groups is 1. The fourth-order valence-electron chi connectivity index (χ4n) is 6.80. The molecule has 2 amide bonds. The number of hydrogen-bond donors (Lipinski definition) is 3. The fourth-order valence-corrected chi connectivity index (χ4v) is 6.80. The zero-order valence-electron chi connectivity index (χ0n) is 24.7. The number of benzene rings is 2. The van der Waals surface area contributed by atoms with E-state index in [-0.39, 0.29) is 46.7 Å². The first-order valence-electron chi connectivity index (χ1n) is 14.6. The van der Waals surface area contributed by atoms with Crippen LogP contribution >= 0.6 is 0 Å². The second kappa shape index (κ2) is 11.2. The van der Waals surface area contributed by atoms with E-state index in [1.54, 1.807) is 25.3 Å². The van der Waals surface area contributed by atoms with Gasteiger partial charge >= 0.3 is 6.03 Å². The molecule has 0 saturated carbocycles. The Morgan fingerprint density at radius 2 is 1.90 bits per heavy atom. The molecule has 3 aliphatic heterocycles. The summed E-state index contributed by atoms with van der Waals surface area (Å²) >= 11 is 0. The predicted molar refractivity (Wildman–Crippen MR) is 158 cm³/mol. The number of anilines is 2. The minimum atomic E-state index is -0.424. The number of hydrogen-bond acceptors (Lipinski definition) is 5. The van der Waals surface area contributed by atoms with Gasteiger partial charge in [0.05, 0.1) is 37.6 Å². The topological polar surface area (TPSA) is 74.9 Å². The molecule has 0 aromatic heterocycles. The molecule has 1 spiro atoms. The summed E-state index contributed by atoms with van der Waals surface area (Å²) in [7, 11) is 1.70.